The van der Waals surface area contributed by atoms with Gasteiger partial charge in [-0.15, -0.1) is 0 Å². The molecule has 1 amide bonds. The van der Waals surface area contributed by atoms with E-state index in [0.29, 0.717) is 30.5 Å². The standard InChI is InChI=1S/C29H37NO12/c1-3-39-27(36)13-6-12-7-14-16(9-30-26(14)35)17-11-40-23-20(17)19(12)15(8-13)22(24(23)38-2)42-28-29(37,4-5-31)25(34)21(33)18(10-32)41-28/h11-14,16,18,21,25,28,31-34,37H,3-10H2,1-2H3,(H,30,35). The number of furan rings is 1. The molecule has 6 rings (SSSR count). The third-order valence-electron chi connectivity index (χ3n) is 9.45. The van der Waals surface area contributed by atoms with Gasteiger partial charge in [-0.2, -0.15) is 0 Å². The van der Waals surface area contributed by atoms with E-state index >= 15 is 0 Å². The minimum absolute atomic E-state index is 0.0577. The smallest absolute Gasteiger partial charge is 0.309 e. The lowest BCUT2D eigenvalue weighted by molar-refractivity contribution is -0.323. The molecule has 42 heavy (non-hydrogen) atoms. The molecule has 230 valence electrons. The van der Waals surface area contributed by atoms with Gasteiger partial charge in [-0.1, -0.05) is 0 Å². The molecule has 2 aromatic rings. The van der Waals surface area contributed by atoms with Gasteiger partial charge in [-0.05, 0) is 37.7 Å². The third-order valence-corrected chi connectivity index (χ3v) is 9.45. The van der Waals surface area contributed by atoms with Gasteiger partial charge in [-0.3, -0.25) is 9.59 Å². The number of methoxy groups -OCH3 is 1. The second-order valence-electron chi connectivity index (χ2n) is 11.6. The predicted molar refractivity (Wildman–Crippen MR) is 143 cm³/mol. The van der Waals surface area contributed by atoms with E-state index in [9.17, 15) is 35.1 Å². The Morgan fingerprint density at radius 3 is 2.67 bits per heavy atom. The van der Waals surface area contributed by atoms with Crippen LogP contribution in [0.25, 0.3) is 11.0 Å². The second-order valence-corrected chi connectivity index (χ2v) is 11.6. The van der Waals surface area contributed by atoms with Crippen LogP contribution >= 0.6 is 0 Å². The molecule has 2 aliphatic carbocycles. The first-order valence-corrected chi connectivity index (χ1v) is 14.4. The van der Waals surface area contributed by atoms with E-state index in [1.165, 1.54) is 7.11 Å². The molecule has 9 atom stereocenters. The van der Waals surface area contributed by atoms with E-state index in [4.69, 9.17) is 23.4 Å². The summed E-state index contributed by atoms with van der Waals surface area (Å²) in [5, 5.41) is 56.1. The lowest BCUT2D eigenvalue weighted by Gasteiger charge is -2.47. The van der Waals surface area contributed by atoms with Crippen molar-refractivity contribution in [2.75, 3.05) is 33.5 Å². The number of ether oxygens (including phenoxy) is 4. The molecule has 1 aromatic carbocycles. The van der Waals surface area contributed by atoms with Crippen LogP contribution in [0.3, 0.4) is 0 Å². The highest BCUT2D eigenvalue weighted by molar-refractivity contribution is 5.97. The Bertz CT molecular complexity index is 1370. The zero-order chi connectivity index (χ0) is 29.9. The largest absolute Gasteiger partial charge is 0.490 e. The van der Waals surface area contributed by atoms with E-state index in [1.807, 2.05) is 0 Å². The normalized spacial score (nSPS) is 35.4. The van der Waals surface area contributed by atoms with Crippen LogP contribution < -0.4 is 14.8 Å². The molecule has 1 aromatic heterocycles. The van der Waals surface area contributed by atoms with Gasteiger partial charge >= 0.3 is 5.97 Å². The maximum Gasteiger partial charge on any atom is 0.309 e. The topological polar surface area (TPSA) is 197 Å². The lowest BCUT2D eigenvalue weighted by Crippen LogP contribution is -2.68. The van der Waals surface area contributed by atoms with Crippen LogP contribution in [0.2, 0.25) is 0 Å². The highest BCUT2D eigenvalue weighted by Crippen LogP contribution is 2.57. The summed E-state index contributed by atoms with van der Waals surface area (Å²) >= 11 is 0. The summed E-state index contributed by atoms with van der Waals surface area (Å²) in [6.07, 6.45) is -4.13. The number of carbonyl (C=O) groups is 2. The first kappa shape index (κ1) is 29.1. The van der Waals surface area contributed by atoms with Crippen LogP contribution in [0.5, 0.6) is 11.5 Å². The Hall–Kier alpha value is -2.94. The number of aliphatic hydroxyl groups is 5. The molecule has 0 saturated carbocycles. The van der Waals surface area contributed by atoms with Gasteiger partial charge in [-0.25, -0.2) is 0 Å². The number of aliphatic hydroxyl groups excluding tert-OH is 4. The molecule has 3 heterocycles. The number of carbonyl (C=O) groups excluding carboxylic acids is 2. The zero-order valence-electron chi connectivity index (χ0n) is 23.4. The summed E-state index contributed by atoms with van der Waals surface area (Å²) in [4.78, 5) is 26.0. The lowest BCUT2D eigenvalue weighted by atomic mass is 9.72. The van der Waals surface area contributed by atoms with Crippen molar-refractivity contribution in [3.63, 3.8) is 0 Å². The fraction of sp³-hybridized carbons (Fsp3) is 0.655. The average Bonchev–Trinajstić information content (AvgIpc) is 3.53. The van der Waals surface area contributed by atoms with Crippen molar-refractivity contribution >= 4 is 22.8 Å². The van der Waals surface area contributed by atoms with Crippen LogP contribution in [-0.4, -0.2) is 101 Å². The van der Waals surface area contributed by atoms with Crippen molar-refractivity contribution < 1.29 is 58.5 Å². The molecule has 13 heteroatoms. The van der Waals surface area contributed by atoms with Gasteiger partial charge in [0.25, 0.3) is 0 Å². The number of fused-ring (bicyclic) bond motifs is 2. The van der Waals surface area contributed by atoms with Gasteiger partial charge < -0.3 is 54.2 Å². The van der Waals surface area contributed by atoms with Crippen molar-refractivity contribution in [2.45, 2.75) is 74.6 Å². The molecule has 0 spiro atoms. The van der Waals surface area contributed by atoms with Gasteiger partial charge in [0.2, 0.25) is 17.9 Å². The molecular formula is C29H37NO12. The predicted octanol–water partition coefficient (Wildman–Crippen LogP) is -0.185. The van der Waals surface area contributed by atoms with E-state index in [0.717, 1.165) is 16.5 Å². The van der Waals surface area contributed by atoms with E-state index in [2.05, 4.69) is 5.32 Å². The molecule has 2 fully saturated rings. The number of hydrogen-bond acceptors (Lipinski definition) is 12. The fourth-order valence-corrected chi connectivity index (χ4v) is 7.41. The minimum atomic E-state index is -2.28. The van der Waals surface area contributed by atoms with E-state index < -0.39 is 55.8 Å². The van der Waals surface area contributed by atoms with Crippen molar-refractivity contribution in [3.05, 3.63) is 23.0 Å². The highest BCUT2D eigenvalue weighted by Gasteiger charge is 2.56. The molecule has 0 radical (unpaired) electrons. The van der Waals surface area contributed by atoms with Crippen LogP contribution in [-0.2, 0) is 25.5 Å². The Morgan fingerprint density at radius 2 is 1.98 bits per heavy atom. The van der Waals surface area contributed by atoms with Crippen molar-refractivity contribution in [2.24, 2.45) is 11.8 Å². The maximum absolute atomic E-state index is 13.1. The van der Waals surface area contributed by atoms with Crippen LogP contribution in [0.1, 0.15) is 54.7 Å². The fourth-order valence-electron chi connectivity index (χ4n) is 7.41. The number of amides is 1. The van der Waals surface area contributed by atoms with Gasteiger partial charge in [0.15, 0.2) is 16.9 Å². The number of esters is 1. The third kappa shape index (κ3) is 4.28. The van der Waals surface area contributed by atoms with E-state index in [-0.39, 0.29) is 54.2 Å². The number of benzene rings is 1. The number of hydrogen-bond donors (Lipinski definition) is 6. The quantitative estimate of drug-likeness (QED) is 0.222. The summed E-state index contributed by atoms with van der Waals surface area (Å²) in [5.41, 5.74) is 0.386. The molecule has 4 aliphatic rings. The zero-order valence-corrected chi connectivity index (χ0v) is 23.4. The molecular weight excluding hydrogens is 554 g/mol. The van der Waals surface area contributed by atoms with Crippen molar-refractivity contribution in [3.8, 4) is 11.5 Å². The first-order chi connectivity index (χ1) is 20.2. The van der Waals surface area contributed by atoms with Gasteiger partial charge in [0, 0.05) is 47.9 Å². The summed E-state index contributed by atoms with van der Waals surface area (Å²) in [7, 11) is 1.42. The first-order valence-electron chi connectivity index (χ1n) is 14.4. The minimum Gasteiger partial charge on any atom is -0.490 e. The molecule has 13 nitrogen and oxygen atoms in total. The summed E-state index contributed by atoms with van der Waals surface area (Å²) < 4.78 is 29.4. The highest BCUT2D eigenvalue weighted by atomic mass is 16.7. The van der Waals surface area contributed by atoms with Crippen LogP contribution in [0.4, 0.5) is 0 Å². The van der Waals surface area contributed by atoms with Gasteiger partial charge in [0.05, 0.1) is 32.5 Å². The summed E-state index contributed by atoms with van der Waals surface area (Å²) in [6, 6.07) is 0. The molecule has 9 unspecified atom stereocenters. The van der Waals surface area contributed by atoms with Crippen molar-refractivity contribution in [1.82, 2.24) is 5.32 Å². The molecule has 2 saturated heterocycles. The SMILES string of the molecule is CCOC(=O)C1Cc2c(OC3OC(CO)C(O)C(O)C3(O)CCO)c(OC)c3occ4c3c2C(C1)CC1C(=O)NCC41. The van der Waals surface area contributed by atoms with E-state index in [1.54, 1.807) is 13.2 Å². The Morgan fingerprint density at radius 1 is 1.19 bits per heavy atom. The van der Waals surface area contributed by atoms with Gasteiger partial charge in [0.1, 0.15) is 18.3 Å². The van der Waals surface area contributed by atoms with Crippen LogP contribution in [0, 0.1) is 11.8 Å². The Balaban J connectivity index is 1.55. The van der Waals surface area contributed by atoms with Crippen LogP contribution in [0.15, 0.2) is 10.7 Å². The second kappa shape index (κ2) is 11.0. The Labute approximate surface area is 241 Å². The molecule has 0 bridgehead atoms. The maximum atomic E-state index is 13.1. The Kier molecular flexibility index (Phi) is 7.61. The van der Waals surface area contributed by atoms with Crippen molar-refractivity contribution in [1.29, 1.82) is 0 Å². The summed E-state index contributed by atoms with van der Waals surface area (Å²) in [6.45, 7) is 1.13. The molecule has 6 N–H and O–H groups in total. The monoisotopic (exact) mass is 591 g/mol. The summed E-state index contributed by atoms with van der Waals surface area (Å²) in [5.74, 6) is -1.46. The molecule has 2 aliphatic heterocycles. The number of nitrogens with one attached hydrogen (secondary N) is 1. The average molecular weight is 592 g/mol. The number of rotatable bonds is 8.